The van der Waals surface area contributed by atoms with Crippen LogP contribution in [0.1, 0.15) is 23.2 Å². The van der Waals surface area contributed by atoms with Crippen molar-refractivity contribution in [1.29, 1.82) is 0 Å². The van der Waals surface area contributed by atoms with Gasteiger partial charge in [0, 0.05) is 36.3 Å². The van der Waals surface area contributed by atoms with E-state index in [9.17, 15) is 65.5 Å². The van der Waals surface area contributed by atoms with Gasteiger partial charge in [-0.3, -0.25) is 38.1 Å². The average Bonchev–Trinajstić information content (AvgIpc) is 2.98. The minimum atomic E-state index is -5.17. The zero-order valence-electron chi connectivity index (χ0n) is 25.6. The number of methoxy groups -OCH3 is 4. The summed E-state index contributed by atoms with van der Waals surface area (Å²) in [7, 11) is -6.23. The molecular weight excluding hydrogens is 692 g/mol. The monoisotopic (exact) mass is 724 g/mol. The van der Waals surface area contributed by atoms with E-state index < -0.39 is 115 Å². The summed E-state index contributed by atoms with van der Waals surface area (Å²) < 4.78 is 87.3. The van der Waals surface area contributed by atoms with E-state index in [-0.39, 0.29) is 11.5 Å². The molecule has 0 aromatic heterocycles. The van der Waals surface area contributed by atoms with Gasteiger partial charge in [0.05, 0.1) is 41.5 Å². The Bertz CT molecular complexity index is 1780. The topological polar surface area (TPSA) is 301 Å². The maximum Gasteiger partial charge on any atom is 0.325 e. The first-order chi connectivity index (χ1) is 22.2. The Morgan fingerprint density at radius 1 is 0.688 bits per heavy atom. The molecule has 2 aromatic rings. The molecule has 0 spiro atoms. The van der Waals surface area contributed by atoms with Gasteiger partial charge in [-0.15, -0.1) is 0 Å². The molecular formula is C26H32N2O18S2. The first-order valence-corrected chi connectivity index (χ1v) is 15.9. The van der Waals surface area contributed by atoms with E-state index in [1.165, 1.54) is 0 Å². The number of carbonyl (C=O) groups excluding carboxylic acids is 1. The third-order valence-electron chi connectivity index (χ3n) is 6.73. The fourth-order valence-electron chi connectivity index (χ4n) is 4.69. The van der Waals surface area contributed by atoms with Crippen LogP contribution in [0.15, 0.2) is 34.1 Å². The molecule has 0 aliphatic rings. The molecule has 0 aliphatic heterocycles. The SMILES string of the molecule is COC(=O)CN(CCN(CC(=O)O)C(C(=O)O)c1cc(OC)cc(S(=O)(=O)O)c1OC)[C@H](C(=O)O)c1cc(OC)cc(S(=O)(=O)O)c1O. The van der Waals surface area contributed by atoms with Crippen LogP contribution in [-0.4, -0.2) is 135 Å². The number of phenolic OH excluding ortho intramolecular Hbond substituents is 1. The van der Waals surface area contributed by atoms with Crippen LogP contribution in [0.4, 0.5) is 0 Å². The summed E-state index contributed by atoms with van der Waals surface area (Å²) in [5.41, 5.74) is -1.24. The van der Waals surface area contributed by atoms with E-state index in [0.29, 0.717) is 11.0 Å². The number of phenols is 1. The quantitative estimate of drug-likeness (QED) is 0.0851. The zero-order chi connectivity index (χ0) is 36.7. The Kier molecular flexibility index (Phi) is 13.1. The lowest BCUT2D eigenvalue weighted by Crippen LogP contribution is -2.46. The first-order valence-electron chi connectivity index (χ1n) is 13.1. The van der Waals surface area contributed by atoms with Crippen molar-refractivity contribution in [2.24, 2.45) is 0 Å². The van der Waals surface area contributed by atoms with Crippen LogP contribution in [0.3, 0.4) is 0 Å². The van der Waals surface area contributed by atoms with Crippen molar-refractivity contribution in [3.63, 3.8) is 0 Å². The van der Waals surface area contributed by atoms with Crippen molar-refractivity contribution < 1.29 is 84.5 Å². The highest BCUT2D eigenvalue weighted by Gasteiger charge is 2.38. The van der Waals surface area contributed by atoms with E-state index in [1.807, 2.05) is 0 Å². The third-order valence-corrected chi connectivity index (χ3v) is 8.45. The molecule has 0 fully saturated rings. The summed E-state index contributed by atoms with van der Waals surface area (Å²) >= 11 is 0. The van der Waals surface area contributed by atoms with Crippen LogP contribution in [-0.2, 0) is 44.2 Å². The summed E-state index contributed by atoms with van der Waals surface area (Å²) in [6.45, 7) is -3.47. The highest BCUT2D eigenvalue weighted by molar-refractivity contribution is 7.86. The fraction of sp³-hybridized carbons (Fsp3) is 0.385. The minimum Gasteiger partial charge on any atom is -0.506 e. The fourth-order valence-corrected chi connectivity index (χ4v) is 6.01. The van der Waals surface area contributed by atoms with Crippen molar-refractivity contribution in [3.05, 3.63) is 35.4 Å². The number of nitrogens with zero attached hydrogens (tertiary/aromatic N) is 2. The standard InChI is InChI=1S/C26H32N2O18S2/c1-43-13-7-15(23(32)17(9-13)47(37,38)39)21(25(33)34)28(12-20(31)45-3)6-5-27(11-19(29)30)22(26(35)36)16-8-14(44-2)10-18(24(16)46-4)48(40,41)42/h7-10,21-22,32H,5-6,11-12H2,1-4H3,(H,29,30)(H,33,34)(H,35,36)(H,37,38,39)(H,40,41,42)/t21-,22?/m0/s1. The van der Waals surface area contributed by atoms with E-state index in [0.717, 1.165) is 51.5 Å². The van der Waals surface area contributed by atoms with Crippen LogP contribution >= 0.6 is 0 Å². The molecule has 0 amide bonds. The summed E-state index contributed by atoms with van der Waals surface area (Å²) in [6.07, 6.45) is 0. The minimum absolute atomic E-state index is 0.290. The Labute approximate surface area is 273 Å². The van der Waals surface area contributed by atoms with E-state index >= 15 is 0 Å². The maximum atomic E-state index is 12.7. The summed E-state index contributed by atoms with van der Waals surface area (Å²) in [4.78, 5) is 49.0. The second-order valence-corrected chi connectivity index (χ2v) is 12.4. The van der Waals surface area contributed by atoms with Crippen LogP contribution in [0.2, 0.25) is 0 Å². The van der Waals surface area contributed by atoms with Gasteiger partial charge in [-0.05, 0) is 12.1 Å². The van der Waals surface area contributed by atoms with Gasteiger partial charge < -0.3 is 39.4 Å². The number of carboxylic acid groups (broad SMARTS) is 3. The Morgan fingerprint density at radius 2 is 1.12 bits per heavy atom. The number of aliphatic carboxylic acids is 3. The number of ether oxygens (including phenoxy) is 4. The van der Waals surface area contributed by atoms with Crippen molar-refractivity contribution in [2.75, 3.05) is 54.6 Å². The van der Waals surface area contributed by atoms with Gasteiger partial charge in [0.2, 0.25) is 0 Å². The molecule has 20 nitrogen and oxygen atoms in total. The van der Waals surface area contributed by atoms with E-state index in [1.54, 1.807) is 0 Å². The molecule has 0 saturated heterocycles. The molecule has 22 heteroatoms. The third kappa shape index (κ3) is 9.42. The number of esters is 1. The lowest BCUT2D eigenvalue weighted by molar-refractivity contribution is -0.151. The molecule has 266 valence electrons. The van der Waals surface area contributed by atoms with Gasteiger partial charge in [-0.2, -0.15) is 16.8 Å². The summed E-state index contributed by atoms with van der Waals surface area (Å²) in [5, 5.41) is 40.9. The van der Waals surface area contributed by atoms with Crippen LogP contribution in [0, 0.1) is 0 Å². The number of carboxylic acids is 3. The first kappa shape index (κ1) is 39.4. The highest BCUT2D eigenvalue weighted by Crippen LogP contribution is 2.40. The number of benzene rings is 2. The van der Waals surface area contributed by atoms with Gasteiger partial charge in [0.1, 0.15) is 44.9 Å². The van der Waals surface area contributed by atoms with Crippen LogP contribution in [0.5, 0.6) is 23.0 Å². The number of hydrogen-bond acceptors (Lipinski definition) is 15. The predicted octanol–water partition coefficient (Wildman–Crippen LogP) is -0.275. The molecule has 2 aromatic carbocycles. The lowest BCUT2D eigenvalue weighted by Gasteiger charge is -2.33. The molecule has 48 heavy (non-hydrogen) atoms. The van der Waals surface area contributed by atoms with Crippen molar-refractivity contribution in [2.45, 2.75) is 21.9 Å². The second-order valence-electron chi connectivity index (χ2n) is 9.65. The van der Waals surface area contributed by atoms with Gasteiger partial charge >= 0.3 is 23.9 Å². The predicted molar refractivity (Wildman–Crippen MR) is 157 cm³/mol. The molecule has 0 bridgehead atoms. The van der Waals surface area contributed by atoms with Gasteiger partial charge in [-0.1, -0.05) is 0 Å². The van der Waals surface area contributed by atoms with Gasteiger partial charge in [0.25, 0.3) is 20.2 Å². The Morgan fingerprint density at radius 3 is 1.52 bits per heavy atom. The smallest absolute Gasteiger partial charge is 0.325 e. The number of rotatable bonds is 18. The largest absolute Gasteiger partial charge is 0.506 e. The van der Waals surface area contributed by atoms with Crippen LogP contribution < -0.4 is 14.2 Å². The van der Waals surface area contributed by atoms with Gasteiger partial charge in [0.15, 0.2) is 0 Å². The average molecular weight is 725 g/mol. The Balaban J connectivity index is 2.82. The summed E-state index contributed by atoms with van der Waals surface area (Å²) in [5.74, 6) is -8.86. The summed E-state index contributed by atoms with van der Waals surface area (Å²) in [6, 6.07) is -0.849. The van der Waals surface area contributed by atoms with Crippen molar-refractivity contribution in [3.8, 4) is 23.0 Å². The normalized spacial score (nSPS) is 13.1. The van der Waals surface area contributed by atoms with Crippen molar-refractivity contribution >= 4 is 44.1 Å². The molecule has 0 saturated carbocycles. The van der Waals surface area contributed by atoms with Crippen molar-refractivity contribution in [1.82, 2.24) is 9.80 Å². The molecule has 6 N–H and O–H groups in total. The Hall–Kier alpha value is -4.74. The van der Waals surface area contributed by atoms with E-state index in [2.05, 4.69) is 4.74 Å². The molecule has 0 radical (unpaired) electrons. The lowest BCUT2D eigenvalue weighted by atomic mass is 10.0. The number of aromatic hydroxyl groups is 1. The second kappa shape index (κ2) is 15.9. The number of hydrogen-bond donors (Lipinski definition) is 6. The molecule has 0 heterocycles. The highest BCUT2D eigenvalue weighted by atomic mass is 32.2. The molecule has 2 atom stereocenters. The maximum absolute atomic E-state index is 12.7. The zero-order valence-corrected chi connectivity index (χ0v) is 27.2. The molecule has 0 aliphatic carbocycles. The van der Waals surface area contributed by atoms with E-state index in [4.69, 9.17) is 14.2 Å². The molecule has 2 rings (SSSR count). The molecule has 1 unspecified atom stereocenters. The van der Waals surface area contributed by atoms with Gasteiger partial charge in [-0.25, -0.2) is 0 Å². The van der Waals surface area contributed by atoms with Crippen LogP contribution in [0.25, 0.3) is 0 Å². The number of carbonyl (C=O) groups is 4.